The second-order valence-electron chi connectivity index (χ2n) is 26.8. The second-order valence-corrected chi connectivity index (χ2v) is 26.8. The molecule has 14 atom stereocenters. The van der Waals surface area contributed by atoms with Gasteiger partial charge in [-0.1, -0.05) is 102 Å². The quantitative estimate of drug-likeness (QED) is 0.0754. The van der Waals surface area contributed by atoms with Crippen LogP contribution >= 0.6 is 0 Å². The van der Waals surface area contributed by atoms with Crippen LogP contribution < -0.4 is 21.3 Å². The van der Waals surface area contributed by atoms with E-state index in [9.17, 15) is 34.2 Å². The van der Waals surface area contributed by atoms with Gasteiger partial charge < -0.3 is 70.5 Å². The topological polar surface area (TPSA) is 308 Å². The summed E-state index contributed by atoms with van der Waals surface area (Å²) in [5.74, 6) is -10.3. The van der Waals surface area contributed by atoms with Crippen molar-refractivity contribution in [3.05, 3.63) is 12.2 Å². The summed E-state index contributed by atoms with van der Waals surface area (Å²) in [6, 6.07) is -14.3. The predicted octanol–water partition coefficient (Wildman–Crippen LogP) is 3.18. The second kappa shape index (κ2) is 38.7. The molecule has 6 N–H and O–H groups in total. The summed E-state index contributed by atoms with van der Waals surface area (Å²) in [5.41, 5.74) is 0. The molecule has 25 heteroatoms. The zero-order valence-corrected chi connectivity index (χ0v) is 59.6. The fourth-order valence-electron chi connectivity index (χ4n) is 11.8. The summed E-state index contributed by atoms with van der Waals surface area (Å²) in [6.45, 7) is 30.7. The van der Waals surface area contributed by atoms with E-state index >= 15 is 28.8 Å². The third-order valence-corrected chi connectivity index (χ3v) is 17.3. The molecule has 1 rings (SSSR count). The number of aliphatic hydroxyl groups is 2. The van der Waals surface area contributed by atoms with Crippen molar-refractivity contribution in [2.24, 2.45) is 35.5 Å². The molecule has 0 spiro atoms. The summed E-state index contributed by atoms with van der Waals surface area (Å²) in [7, 11) is 8.45. The van der Waals surface area contributed by atoms with Crippen LogP contribution in [0.4, 0.5) is 0 Å². The molecule has 1 saturated heterocycles. The number of likely N-dealkylation sites (N-methyl/N-ethyl adjacent to an activating group) is 7. The van der Waals surface area contributed by atoms with Crippen molar-refractivity contribution < 1.29 is 67.7 Å². The van der Waals surface area contributed by atoms with E-state index < -0.39 is 161 Å². The van der Waals surface area contributed by atoms with Crippen LogP contribution in [0, 0.1) is 35.5 Å². The minimum Gasteiger partial charge on any atom is -0.396 e. The van der Waals surface area contributed by atoms with Crippen LogP contribution in [0.5, 0.6) is 0 Å². The Hall–Kier alpha value is -6.21. The molecule has 0 aromatic rings. The molecular formula is C66H119N11O14. The van der Waals surface area contributed by atoms with Crippen molar-refractivity contribution in [2.45, 2.75) is 248 Å². The van der Waals surface area contributed by atoms with Gasteiger partial charge in [0.25, 0.3) is 0 Å². The van der Waals surface area contributed by atoms with Gasteiger partial charge in [-0.3, -0.25) is 52.7 Å². The average molecular weight is 1290 g/mol. The largest absolute Gasteiger partial charge is 0.396 e. The molecule has 25 nitrogen and oxygen atoms in total. The van der Waals surface area contributed by atoms with Gasteiger partial charge in [0.15, 0.2) is 0 Å². The summed E-state index contributed by atoms with van der Waals surface area (Å²) < 4.78 is 6.15. The summed E-state index contributed by atoms with van der Waals surface area (Å²) >= 11 is 0. The van der Waals surface area contributed by atoms with Crippen molar-refractivity contribution in [1.29, 1.82) is 0 Å². The third-order valence-electron chi connectivity index (χ3n) is 17.3. The molecule has 0 bridgehead atoms. The number of carbonyl (C=O) groups excluding carboxylic acids is 11. The van der Waals surface area contributed by atoms with Crippen LogP contribution in [0.1, 0.15) is 170 Å². The third kappa shape index (κ3) is 22.8. The first-order chi connectivity index (χ1) is 42.3. The number of hydrogen-bond donors (Lipinski definition) is 6. The Balaban J connectivity index is 4.51. The molecule has 0 saturated carbocycles. The average Bonchev–Trinajstić information content (AvgIpc) is 0.841. The Morgan fingerprint density at radius 2 is 0.923 bits per heavy atom. The number of carbonyl (C=O) groups is 11. The van der Waals surface area contributed by atoms with Crippen LogP contribution in [0.3, 0.4) is 0 Å². The molecule has 1 aliphatic rings. The lowest BCUT2D eigenvalue weighted by atomic mass is 9.93. The van der Waals surface area contributed by atoms with Crippen LogP contribution in [0.15, 0.2) is 12.2 Å². The molecular weight excluding hydrogens is 1170 g/mol. The number of amides is 11. The molecule has 1 heterocycles. The van der Waals surface area contributed by atoms with E-state index in [1.165, 1.54) is 80.6 Å². The van der Waals surface area contributed by atoms with Crippen molar-refractivity contribution in [3.8, 4) is 0 Å². The van der Waals surface area contributed by atoms with Gasteiger partial charge in [-0.05, 0) is 109 Å². The first-order valence-electron chi connectivity index (χ1n) is 32.9. The molecule has 0 aromatic heterocycles. The van der Waals surface area contributed by atoms with Crippen LogP contribution in [0.25, 0.3) is 0 Å². The lowest BCUT2D eigenvalue weighted by molar-refractivity contribution is -0.157. The minimum absolute atomic E-state index is 0.0146. The molecule has 1 aliphatic heterocycles. The van der Waals surface area contributed by atoms with Crippen molar-refractivity contribution in [2.75, 3.05) is 62.0 Å². The van der Waals surface area contributed by atoms with Gasteiger partial charge in [0.1, 0.15) is 66.5 Å². The van der Waals surface area contributed by atoms with Gasteiger partial charge in [0, 0.05) is 68.0 Å². The maximum Gasteiger partial charge on any atom is 0.246 e. The fraction of sp³-hybridized carbons (Fsp3) is 0.803. The maximum atomic E-state index is 15.2. The molecule has 91 heavy (non-hydrogen) atoms. The van der Waals surface area contributed by atoms with E-state index in [2.05, 4.69) is 21.3 Å². The summed E-state index contributed by atoms with van der Waals surface area (Å²) in [6.07, 6.45) is 1.93. The smallest absolute Gasteiger partial charge is 0.246 e. The van der Waals surface area contributed by atoms with Crippen molar-refractivity contribution >= 4 is 65.0 Å². The normalized spacial score (nSPS) is 27.0. The number of ether oxygens (including phenoxy) is 1. The number of hydrogen-bond acceptors (Lipinski definition) is 14. The predicted molar refractivity (Wildman–Crippen MR) is 350 cm³/mol. The Kier molecular flexibility index (Phi) is 35.2. The van der Waals surface area contributed by atoms with E-state index in [0.717, 1.165) is 9.80 Å². The highest BCUT2D eigenvalue weighted by Gasteiger charge is 2.47. The van der Waals surface area contributed by atoms with Gasteiger partial charge in [-0.2, -0.15) is 0 Å². The van der Waals surface area contributed by atoms with Crippen molar-refractivity contribution in [3.63, 3.8) is 0 Å². The Labute approximate surface area is 544 Å². The molecule has 1 fully saturated rings. The Morgan fingerprint density at radius 3 is 1.38 bits per heavy atom. The summed E-state index contributed by atoms with van der Waals surface area (Å²) in [5, 5.41) is 32.7. The van der Waals surface area contributed by atoms with Gasteiger partial charge in [0.2, 0.25) is 65.0 Å². The van der Waals surface area contributed by atoms with Gasteiger partial charge in [-0.15, -0.1) is 0 Å². The number of allylic oxidation sites excluding steroid dienone is 1. The maximum absolute atomic E-state index is 15.2. The number of unbranched alkanes of at least 4 members (excludes halogenated alkanes) is 1. The first-order valence-corrected chi connectivity index (χ1v) is 32.9. The lowest BCUT2D eigenvalue weighted by Gasteiger charge is -2.41. The Bertz CT molecular complexity index is 2460. The minimum atomic E-state index is -1.67. The van der Waals surface area contributed by atoms with Crippen LogP contribution in [-0.2, 0) is 57.5 Å². The highest BCUT2D eigenvalue weighted by Crippen LogP contribution is 2.26. The Morgan fingerprint density at radius 1 is 0.473 bits per heavy atom. The number of nitrogens with one attached hydrogen (secondary N) is 4. The summed E-state index contributed by atoms with van der Waals surface area (Å²) in [4.78, 5) is 172. The van der Waals surface area contributed by atoms with Crippen LogP contribution in [0.2, 0.25) is 0 Å². The monoisotopic (exact) mass is 1290 g/mol. The molecule has 11 amide bonds. The van der Waals surface area contributed by atoms with Gasteiger partial charge in [-0.25, -0.2) is 0 Å². The van der Waals surface area contributed by atoms with Gasteiger partial charge in [0.05, 0.1) is 12.2 Å². The number of nitrogens with zero attached hydrogens (tertiary/aromatic N) is 7. The van der Waals surface area contributed by atoms with E-state index in [-0.39, 0.29) is 69.6 Å². The molecule has 522 valence electrons. The lowest BCUT2D eigenvalue weighted by Crippen LogP contribution is -2.64. The molecule has 0 aliphatic carbocycles. The molecule has 1 unspecified atom stereocenters. The molecule has 0 aromatic carbocycles. The highest BCUT2D eigenvalue weighted by atomic mass is 16.5. The highest BCUT2D eigenvalue weighted by molar-refractivity contribution is 6.00. The van der Waals surface area contributed by atoms with E-state index in [4.69, 9.17) is 4.74 Å². The first kappa shape index (κ1) is 82.8. The molecule has 0 radical (unpaired) electrons. The van der Waals surface area contributed by atoms with E-state index in [1.807, 2.05) is 41.5 Å². The zero-order valence-electron chi connectivity index (χ0n) is 59.6. The zero-order chi connectivity index (χ0) is 70.4. The van der Waals surface area contributed by atoms with Gasteiger partial charge >= 0.3 is 0 Å². The number of rotatable bonds is 20. The number of aliphatic hydroxyl groups excluding tert-OH is 2. The van der Waals surface area contributed by atoms with Crippen LogP contribution in [-0.4, -0.2) is 250 Å². The van der Waals surface area contributed by atoms with E-state index in [1.54, 1.807) is 81.4 Å². The van der Waals surface area contributed by atoms with Crippen molar-refractivity contribution in [1.82, 2.24) is 55.6 Å². The SMILES string of the molecule is C/C=C/[C@@H](C)[C@@H](O)[C@H]1C(=O)N[C@@H](CC)C(=O)N(CC)[C@H](CC)C(=O)N(C)C([C@@H](C)OCCCCO)C(=O)N[C@@H](C(C)C)C(=O)N(C)[C@@H](CC(C)C)C(=O)N[C@@H](C)C(=O)N[C@H](C)C(=O)N(C)[C@@H](CC(C)C)C(=O)N(C)[C@@H](CC(C)C)C(=O)N(C)[C@@H](C(C)C)C(=O)N1C. The standard InChI is InChI=1S/C66H119N11O14/c1-25-31-42(15)55(79)54-59(83)69-46(26-2)61(85)77(28-4)47(27-3)62(86)75(23)53(45(18)91-33-30-29-32-78)58(82)70-51(40(11)12)65(89)71(19)48(34-37(5)6)57(81)67-43(16)56(80)68-44(17)60(84)72(20)49(35-38(7)8)63(87)73(21)50(36-39(9)10)64(88)74(22)52(41(13)14)66(90)76(54)24/h25,31,37-55,78-79H,26-30,32-36H2,1-24H3,(H,67,81)(H,68,80)(H,69,83)(H,70,82)/b31-25+/t42-,43+,44-,45-,46+,47-,48+,49+,50+,51+,52+,53?,54+,55-/m1/s1. The fourth-order valence-corrected chi connectivity index (χ4v) is 11.8. The van der Waals surface area contributed by atoms with E-state index in [0.29, 0.717) is 12.8 Å².